The van der Waals surface area contributed by atoms with E-state index in [0.717, 1.165) is 28.2 Å². The minimum absolute atomic E-state index is 0.180. The number of fused-ring (bicyclic) bond motifs is 1. The van der Waals surface area contributed by atoms with Gasteiger partial charge < -0.3 is 20.7 Å². The van der Waals surface area contributed by atoms with Gasteiger partial charge in [-0.15, -0.1) is 0 Å². The molecule has 3 rings (SSSR count). The summed E-state index contributed by atoms with van der Waals surface area (Å²) in [5, 5.41) is 3.61. The van der Waals surface area contributed by atoms with Gasteiger partial charge in [0.15, 0.2) is 0 Å². The lowest BCUT2D eigenvalue weighted by molar-refractivity contribution is -0.117. The lowest BCUT2D eigenvalue weighted by Gasteiger charge is -2.28. The number of carbonyl (C=O) groups is 2. The summed E-state index contributed by atoms with van der Waals surface area (Å²) in [6.07, 6.45) is 3.00. The first-order valence-corrected chi connectivity index (χ1v) is 10.1. The lowest BCUT2D eigenvalue weighted by Crippen LogP contribution is -2.41. The second-order valence-corrected chi connectivity index (χ2v) is 8.88. The summed E-state index contributed by atoms with van der Waals surface area (Å²) in [6, 6.07) is 5.43. The van der Waals surface area contributed by atoms with Gasteiger partial charge in [-0.05, 0) is 51.8 Å². The number of nitrogens with zero attached hydrogens (tertiary/aromatic N) is 2. The van der Waals surface area contributed by atoms with E-state index in [9.17, 15) is 9.59 Å². The number of carbonyl (C=O) groups excluding carboxylic acids is 2. The van der Waals surface area contributed by atoms with E-state index in [1.807, 2.05) is 39.0 Å². The smallest absolute Gasteiger partial charge is 0.410 e. The van der Waals surface area contributed by atoms with Crippen LogP contribution in [0.1, 0.15) is 40.0 Å². The zero-order chi connectivity index (χ0) is 20.5. The highest BCUT2D eigenvalue weighted by molar-refractivity contribution is 9.10. The number of anilines is 2. The fourth-order valence-corrected chi connectivity index (χ4v) is 3.66. The van der Waals surface area contributed by atoms with E-state index >= 15 is 0 Å². The van der Waals surface area contributed by atoms with Gasteiger partial charge in [-0.3, -0.25) is 9.78 Å². The van der Waals surface area contributed by atoms with E-state index in [0.29, 0.717) is 17.9 Å². The maximum Gasteiger partial charge on any atom is 0.410 e. The van der Waals surface area contributed by atoms with Gasteiger partial charge >= 0.3 is 6.09 Å². The molecule has 0 saturated carbocycles. The Morgan fingerprint density at radius 3 is 2.86 bits per heavy atom. The fourth-order valence-electron chi connectivity index (χ4n) is 3.31. The summed E-state index contributed by atoms with van der Waals surface area (Å²) >= 11 is 3.41. The Morgan fingerprint density at radius 1 is 1.39 bits per heavy atom. The molecule has 1 aromatic carbocycles. The minimum atomic E-state index is -0.563. The molecule has 2 heterocycles. The van der Waals surface area contributed by atoms with Crippen molar-refractivity contribution in [1.29, 1.82) is 0 Å². The Kier molecular flexibility index (Phi) is 5.79. The Morgan fingerprint density at radius 2 is 2.14 bits per heavy atom. The first-order chi connectivity index (χ1) is 13.1. The summed E-state index contributed by atoms with van der Waals surface area (Å²) < 4.78 is 6.36. The van der Waals surface area contributed by atoms with Gasteiger partial charge in [0.2, 0.25) is 5.91 Å². The highest BCUT2D eigenvalue weighted by atomic mass is 79.9. The van der Waals surface area contributed by atoms with Crippen LogP contribution in [-0.4, -0.2) is 40.1 Å². The monoisotopic (exact) mass is 448 g/mol. The van der Waals surface area contributed by atoms with Crippen LogP contribution in [0, 0.1) is 0 Å². The van der Waals surface area contributed by atoms with Crippen LogP contribution in [0.25, 0.3) is 10.9 Å². The number of benzene rings is 1. The van der Waals surface area contributed by atoms with Crippen molar-refractivity contribution in [1.82, 2.24) is 9.88 Å². The molecule has 2 amide bonds. The maximum absolute atomic E-state index is 12.6. The number of hydrogen-bond acceptors (Lipinski definition) is 5. The van der Waals surface area contributed by atoms with E-state index in [-0.39, 0.29) is 24.5 Å². The molecule has 0 spiro atoms. The van der Waals surface area contributed by atoms with Crippen LogP contribution in [0.4, 0.5) is 16.2 Å². The van der Waals surface area contributed by atoms with Crippen LogP contribution in [-0.2, 0) is 9.53 Å². The summed E-state index contributed by atoms with van der Waals surface area (Å²) in [6.45, 7) is 6.09. The first kappa shape index (κ1) is 20.4. The van der Waals surface area contributed by atoms with Crippen LogP contribution in [0.3, 0.4) is 0 Å². The van der Waals surface area contributed by atoms with E-state index in [1.165, 1.54) is 0 Å². The van der Waals surface area contributed by atoms with Crippen molar-refractivity contribution in [3.05, 3.63) is 28.9 Å². The average molecular weight is 449 g/mol. The molecule has 150 valence electrons. The molecule has 2 aromatic rings. The second kappa shape index (κ2) is 7.95. The van der Waals surface area contributed by atoms with Crippen LogP contribution < -0.4 is 11.1 Å². The van der Waals surface area contributed by atoms with E-state index < -0.39 is 5.60 Å². The Bertz CT molecular complexity index is 910. The topological polar surface area (TPSA) is 97.5 Å². The number of likely N-dealkylation sites (tertiary alicyclic amines) is 1. The largest absolute Gasteiger partial charge is 0.444 e. The number of ether oxygens (including phenoxy) is 1. The lowest BCUT2D eigenvalue weighted by atomic mass is 10.1. The van der Waals surface area contributed by atoms with Crippen LogP contribution in [0.15, 0.2) is 28.9 Å². The zero-order valence-corrected chi connectivity index (χ0v) is 17.9. The third-order valence-electron chi connectivity index (χ3n) is 4.57. The molecule has 1 aliphatic heterocycles. The molecule has 8 heteroatoms. The molecule has 1 aromatic heterocycles. The molecule has 1 aliphatic rings. The number of nitrogens with one attached hydrogen (secondary N) is 1. The van der Waals surface area contributed by atoms with Crippen molar-refractivity contribution in [2.45, 2.75) is 51.7 Å². The van der Waals surface area contributed by atoms with Crippen LogP contribution in [0.2, 0.25) is 0 Å². The fraction of sp³-hybridized carbons (Fsp3) is 0.450. The minimum Gasteiger partial charge on any atom is -0.444 e. The first-order valence-electron chi connectivity index (χ1n) is 9.27. The molecule has 1 unspecified atom stereocenters. The predicted octanol–water partition coefficient (Wildman–Crippen LogP) is 4.31. The number of hydrogen-bond donors (Lipinski definition) is 2. The molecule has 0 radical (unpaired) electrons. The molecule has 1 atom stereocenters. The van der Waals surface area contributed by atoms with Crippen molar-refractivity contribution in [2.24, 2.45) is 0 Å². The third-order valence-corrected chi connectivity index (χ3v) is 5.07. The normalized spacial score (nSPS) is 17.0. The van der Waals surface area contributed by atoms with Gasteiger partial charge in [-0.1, -0.05) is 15.9 Å². The summed E-state index contributed by atoms with van der Waals surface area (Å²) in [5.74, 6) is -0.203. The molecule has 0 bridgehead atoms. The number of nitrogens with two attached hydrogens (primary N) is 1. The van der Waals surface area contributed by atoms with Crippen LogP contribution in [0.5, 0.6) is 0 Å². The van der Waals surface area contributed by atoms with Gasteiger partial charge in [0.25, 0.3) is 0 Å². The quantitative estimate of drug-likeness (QED) is 0.728. The summed E-state index contributed by atoms with van der Waals surface area (Å²) in [5.41, 5.74) is 7.35. The summed E-state index contributed by atoms with van der Waals surface area (Å²) in [4.78, 5) is 31.0. The van der Waals surface area contributed by atoms with Gasteiger partial charge in [0, 0.05) is 28.9 Å². The molecule has 3 N–H and O–H groups in total. The standard InChI is InChI=1S/C20H25BrN4O3/c1-20(2,3)28-19(27)25-8-4-5-13(25)10-17(26)24-16-11-23-15-9-12(21)6-7-14(15)18(16)22/h6-7,9,11,13H,4-5,8,10H2,1-3H3,(H2,22,23)(H,24,26). The molecule has 1 saturated heterocycles. The molecule has 0 aliphatic carbocycles. The van der Waals surface area contributed by atoms with Crippen molar-refractivity contribution < 1.29 is 14.3 Å². The number of aromatic nitrogens is 1. The number of halogens is 1. The number of rotatable bonds is 3. The Balaban J connectivity index is 1.68. The number of nitrogen functional groups attached to an aromatic ring is 1. The van der Waals surface area contributed by atoms with Crippen molar-refractivity contribution >= 4 is 50.2 Å². The van der Waals surface area contributed by atoms with Gasteiger partial charge in [-0.2, -0.15) is 0 Å². The SMILES string of the molecule is CC(C)(C)OC(=O)N1CCCC1CC(=O)Nc1cnc2cc(Br)ccc2c1N. The highest BCUT2D eigenvalue weighted by Gasteiger charge is 2.33. The predicted molar refractivity (Wildman–Crippen MR) is 113 cm³/mol. The van der Waals surface area contributed by atoms with Gasteiger partial charge in [0.05, 0.1) is 23.1 Å². The van der Waals surface area contributed by atoms with E-state index in [1.54, 1.807) is 11.1 Å². The molecular weight excluding hydrogens is 424 g/mol. The Labute approximate surface area is 172 Å². The molecule has 7 nitrogen and oxygen atoms in total. The van der Waals surface area contributed by atoms with Gasteiger partial charge in [0.1, 0.15) is 5.60 Å². The number of amides is 2. The summed E-state index contributed by atoms with van der Waals surface area (Å²) in [7, 11) is 0. The molecular formula is C20H25BrN4O3. The second-order valence-electron chi connectivity index (χ2n) is 7.97. The maximum atomic E-state index is 12.6. The van der Waals surface area contributed by atoms with Gasteiger partial charge in [-0.25, -0.2) is 4.79 Å². The van der Waals surface area contributed by atoms with E-state index in [2.05, 4.69) is 26.2 Å². The molecule has 1 fully saturated rings. The zero-order valence-electron chi connectivity index (χ0n) is 16.3. The highest BCUT2D eigenvalue weighted by Crippen LogP contribution is 2.29. The van der Waals surface area contributed by atoms with Crippen molar-refractivity contribution in [3.63, 3.8) is 0 Å². The van der Waals surface area contributed by atoms with Crippen molar-refractivity contribution in [3.8, 4) is 0 Å². The Hall–Kier alpha value is -2.35. The third kappa shape index (κ3) is 4.73. The van der Waals surface area contributed by atoms with Crippen molar-refractivity contribution in [2.75, 3.05) is 17.6 Å². The number of pyridine rings is 1. The van der Waals surface area contributed by atoms with E-state index in [4.69, 9.17) is 10.5 Å². The van der Waals surface area contributed by atoms with Crippen LogP contribution >= 0.6 is 15.9 Å². The molecule has 28 heavy (non-hydrogen) atoms. The average Bonchev–Trinajstić information content (AvgIpc) is 3.04.